The van der Waals surface area contributed by atoms with Crippen molar-refractivity contribution >= 4 is 25.8 Å². The van der Waals surface area contributed by atoms with Crippen LogP contribution in [-0.4, -0.2) is 26.3 Å². The Morgan fingerprint density at radius 3 is 2.44 bits per heavy atom. The first-order chi connectivity index (χ1) is 8.39. The van der Waals surface area contributed by atoms with Crippen molar-refractivity contribution in [3.05, 3.63) is 28.7 Å². The lowest BCUT2D eigenvalue weighted by molar-refractivity contribution is 0.509. The van der Waals surface area contributed by atoms with Gasteiger partial charge in [-0.15, -0.1) is 0 Å². The van der Waals surface area contributed by atoms with Crippen molar-refractivity contribution in [1.29, 1.82) is 0 Å². The predicted octanol–water partition coefficient (Wildman–Crippen LogP) is 3.00. The zero-order valence-electron chi connectivity index (χ0n) is 11.0. The van der Waals surface area contributed by atoms with E-state index in [-0.39, 0.29) is 6.04 Å². The van der Waals surface area contributed by atoms with Gasteiger partial charge in [-0.05, 0) is 54.9 Å². The molecule has 18 heavy (non-hydrogen) atoms. The van der Waals surface area contributed by atoms with E-state index in [9.17, 15) is 8.42 Å². The van der Waals surface area contributed by atoms with E-state index in [0.717, 1.165) is 6.54 Å². The van der Waals surface area contributed by atoms with Crippen molar-refractivity contribution in [2.75, 3.05) is 6.54 Å². The zero-order chi connectivity index (χ0) is 13.8. The fourth-order valence-electron chi connectivity index (χ4n) is 1.95. The summed E-state index contributed by atoms with van der Waals surface area (Å²) in [4.78, 5) is 0.376. The normalized spacial score (nSPS) is 15.3. The molecule has 5 heteroatoms. The predicted molar refractivity (Wildman–Crippen MR) is 78.5 cm³/mol. The average Bonchev–Trinajstić information content (AvgIpc) is 2.29. The summed E-state index contributed by atoms with van der Waals surface area (Å²) in [6.07, 6.45) is 0.609. The van der Waals surface area contributed by atoms with Gasteiger partial charge >= 0.3 is 0 Å². The molecule has 0 heterocycles. The van der Waals surface area contributed by atoms with E-state index < -0.39 is 15.1 Å². The van der Waals surface area contributed by atoms with Gasteiger partial charge in [-0.3, -0.25) is 0 Å². The van der Waals surface area contributed by atoms with Gasteiger partial charge in [0.25, 0.3) is 0 Å². The average molecular weight is 334 g/mol. The molecule has 0 spiro atoms. The third-order valence-electron chi connectivity index (χ3n) is 2.91. The van der Waals surface area contributed by atoms with E-state index >= 15 is 0 Å². The molecule has 0 saturated heterocycles. The number of nitrogens with one attached hydrogen (secondary N) is 1. The molecule has 0 aromatic heterocycles. The summed E-state index contributed by atoms with van der Waals surface area (Å²) in [5.74, 6) is 0. The number of rotatable bonds is 6. The van der Waals surface area contributed by atoms with E-state index in [1.54, 1.807) is 25.1 Å². The van der Waals surface area contributed by atoms with Crippen molar-refractivity contribution in [1.82, 2.24) is 5.32 Å². The molecule has 1 aromatic rings. The highest BCUT2D eigenvalue weighted by molar-refractivity contribution is 9.10. The Hall–Kier alpha value is -0.390. The zero-order valence-corrected chi connectivity index (χ0v) is 13.4. The van der Waals surface area contributed by atoms with E-state index in [1.165, 1.54) is 0 Å². The first-order valence-corrected chi connectivity index (χ1v) is 8.45. The maximum Gasteiger partial charge on any atom is 0.182 e. The second-order valence-corrected chi connectivity index (χ2v) is 7.67. The van der Waals surface area contributed by atoms with E-state index in [1.807, 2.05) is 19.9 Å². The SMILES string of the molecule is CCNC(C)CC(C)S(=O)(=O)c1ccccc1Br. The van der Waals surface area contributed by atoms with Gasteiger partial charge in [0.2, 0.25) is 0 Å². The minimum absolute atomic E-state index is 0.197. The van der Waals surface area contributed by atoms with Gasteiger partial charge in [0, 0.05) is 10.5 Å². The molecule has 1 aromatic carbocycles. The summed E-state index contributed by atoms with van der Waals surface area (Å²) in [5, 5.41) is 2.84. The molecule has 0 aliphatic rings. The van der Waals surface area contributed by atoms with Gasteiger partial charge in [-0.1, -0.05) is 19.1 Å². The van der Waals surface area contributed by atoms with Gasteiger partial charge in [0.15, 0.2) is 9.84 Å². The van der Waals surface area contributed by atoms with Crippen molar-refractivity contribution in [3.8, 4) is 0 Å². The van der Waals surface area contributed by atoms with Crippen molar-refractivity contribution in [2.45, 2.75) is 43.4 Å². The minimum Gasteiger partial charge on any atom is -0.314 e. The second-order valence-electron chi connectivity index (χ2n) is 4.48. The number of hydrogen-bond donors (Lipinski definition) is 1. The lowest BCUT2D eigenvalue weighted by Crippen LogP contribution is -2.32. The molecule has 2 unspecified atom stereocenters. The van der Waals surface area contributed by atoms with Crippen LogP contribution in [0.3, 0.4) is 0 Å². The van der Waals surface area contributed by atoms with Gasteiger partial charge in [-0.25, -0.2) is 8.42 Å². The summed E-state index contributed by atoms with van der Waals surface area (Å²) in [6.45, 7) is 6.64. The van der Waals surface area contributed by atoms with Crippen LogP contribution in [0, 0.1) is 0 Å². The van der Waals surface area contributed by atoms with Gasteiger partial charge in [-0.2, -0.15) is 0 Å². The molecule has 1 N–H and O–H groups in total. The summed E-state index contributed by atoms with van der Waals surface area (Å²) in [6, 6.07) is 7.16. The van der Waals surface area contributed by atoms with Crippen LogP contribution in [0.1, 0.15) is 27.2 Å². The van der Waals surface area contributed by atoms with Crippen LogP contribution in [0.4, 0.5) is 0 Å². The Bertz CT molecular complexity index is 488. The molecule has 0 bridgehead atoms. The van der Waals surface area contributed by atoms with Crippen LogP contribution in [0.15, 0.2) is 33.6 Å². The third kappa shape index (κ3) is 3.80. The topological polar surface area (TPSA) is 46.2 Å². The highest BCUT2D eigenvalue weighted by Gasteiger charge is 2.26. The van der Waals surface area contributed by atoms with Crippen LogP contribution in [-0.2, 0) is 9.84 Å². The molecule has 0 amide bonds. The Morgan fingerprint density at radius 2 is 1.89 bits per heavy atom. The first-order valence-electron chi connectivity index (χ1n) is 6.11. The fourth-order valence-corrected chi connectivity index (χ4v) is 4.49. The van der Waals surface area contributed by atoms with Crippen LogP contribution in [0.5, 0.6) is 0 Å². The largest absolute Gasteiger partial charge is 0.314 e. The maximum absolute atomic E-state index is 12.4. The molecule has 0 fully saturated rings. The molecule has 1 rings (SSSR count). The Morgan fingerprint density at radius 1 is 1.28 bits per heavy atom. The first kappa shape index (κ1) is 15.7. The highest BCUT2D eigenvalue weighted by atomic mass is 79.9. The van der Waals surface area contributed by atoms with Crippen molar-refractivity contribution < 1.29 is 8.42 Å². The lowest BCUT2D eigenvalue weighted by Gasteiger charge is -2.19. The summed E-state index contributed by atoms with van der Waals surface area (Å²) < 4.78 is 25.5. The van der Waals surface area contributed by atoms with E-state index in [2.05, 4.69) is 21.2 Å². The molecular formula is C13H20BrNO2S. The van der Waals surface area contributed by atoms with Gasteiger partial charge in [0.05, 0.1) is 10.1 Å². The fraction of sp³-hybridized carbons (Fsp3) is 0.538. The molecule has 0 aliphatic carbocycles. The molecule has 3 nitrogen and oxygen atoms in total. The number of halogens is 1. The Labute approximate surface area is 118 Å². The van der Waals surface area contributed by atoms with Crippen LogP contribution >= 0.6 is 15.9 Å². The smallest absolute Gasteiger partial charge is 0.182 e. The maximum atomic E-state index is 12.4. The molecule has 0 aliphatic heterocycles. The minimum atomic E-state index is -3.27. The highest BCUT2D eigenvalue weighted by Crippen LogP contribution is 2.26. The summed E-state index contributed by atoms with van der Waals surface area (Å²) in [7, 11) is -3.27. The van der Waals surface area contributed by atoms with E-state index in [0.29, 0.717) is 15.8 Å². The summed E-state index contributed by atoms with van der Waals surface area (Å²) in [5.41, 5.74) is 0. The number of benzene rings is 1. The van der Waals surface area contributed by atoms with Crippen molar-refractivity contribution in [3.63, 3.8) is 0 Å². The Balaban J connectivity index is 2.90. The number of sulfone groups is 1. The quantitative estimate of drug-likeness (QED) is 0.870. The van der Waals surface area contributed by atoms with Crippen LogP contribution < -0.4 is 5.32 Å². The monoisotopic (exact) mass is 333 g/mol. The third-order valence-corrected chi connectivity index (χ3v) is 6.09. The number of hydrogen-bond acceptors (Lipinski definition) is 3. The standard InChI is InChI=1S/C13H20BrNO2S/c1-4-15-10(2)9-11(3)18(16,17)13-8-6-5-7-12(13)14/h5-8,10-11,15H,4,9H2,1-3H3. The molecule has 0 saturated carbocycles. The molecule has 2 atom stereocenters. The van der Waals surface area contributed by atoms with Crippen LogP contribution in [0.2, 0.25) is 0 Å². The van der Waals surface area contributed by atoms with Crippen LogP contribution in [0.25, 0.3) is 0 Å². The summed E-state index contributed by atoms with van der Waals surface area (Å²) >= 11 is 3.30. The van der Waals surface area contributed by atoms with Gasteiger partial charge < -0.3 is 5.32 Å². The molecular weight excluding hydrogens is 314 g/mol. The van der Waals surface area contributed by atoms with Crippen molar-refractivity contribution in [2.24, 2.45) is 0 Å². The molecule has 102 valence electrons. The lowest BCUT2D eigenvalue weighted by atomic mass is 10.2. The second kappa shape index (κ2) is 6.68. The van der Waals surface area contributed by atoms with Gasteiger partial charge in [0.1, 0.15) is 0 Å². The van der Waals surface area contributed by atoms with E-state index in [4.69, 9.17) is 0 Å². The Kier molecular flexibility index (Phi) is 5.82. The molecule has 0 radical (unpaired) electrons.